The molecule has 4 N–H and O–H groups in total. The fourth-order valence-corrected chi connectivity index (χ4v) is 6.89. The quantitative estimate of drug-likeness (QED) is 0.355. The summed E-state index contributed by atoms with van der Waals surface area (Å²) in [6.45, 7) is 4.18. The van der Waals surface area contributed by atoms with Crippen molar-refractivity contribution >= 4 is 51.6 Å². The van der Waals surface area contributed by atoms with E-state index in [1.54, 1.807) is 6.07 Å². The number of benzene rings is 2. The van der Waals surface area contributed by atoms with E-state index < -0.39 is 58.3 Å². The Morgan fingerprint density at radius 3 is 2.32 bits per heavy atom. The lowest BCUT2D eigenvalue weighted by atomic mass is 9.53. The van der Waals surface area contributed by atoms with Crippen LogP contribution in [0.25, 0.3) is 11.1 Å². The van der Waals surface area contributed by atoms with Gasteiger partial charge in [0.1, 0.15) is 5.75 Å². The number of phenolic OH excluding ortho intramolecular Hbond substituents is 1. The molecule has 3 aliphatic rings. The minimum atomic E-state index is -2.64. The van der Waals surface area contributed by atoms with Crippen LogP contribution in [0.4, 0.5) is 0 Å². The third kappa shape index (κ3) is 3.69. The predicted molar refractivity (Wildman–Crippen MR) is 141 cm³/mol. The van der Waals surface area contributed by atoms with Gasteiger partial charge in [-0.15, -0.1) is 0 Å². The van der Waals surface area contributed by atoms with Crippen LogP contribution in [0.5, 0.6) is 5.75 Å². The minimum absolute atomic E-state index is 0.0114. The van der Waals surface area contributed by atoms with Crippen molar-refractivity contribution in [1.82, 2.24) is 0 Å². The molecule has 0 aliphatic heterocycles. The van der Waals surface area contributed by atoms with Crippen molar-refractivity contribution in [2.24, 2.45) is 29.4 Å². The molecule has 2 saturated carbocycles. The third-order valence-corrected chi connectivity index (χ3v) is 9.07. The van der Waals surface area contributed by atoms with E-state index >= 15 is 0 Å². The molecule has 5 rings (SSSR count). The molecule has 0 spiro atoms. The Hall–Kier alpha value is -2.92. The molecule has 2 unspecified atom stereocenters. The van der Waals surface area contributed by atoms with E-state index in [0.717, 1.165) is 16.7 Å². The zero-order valence-electron chi connectivity index (χ0n) is 20.3. The van der Waals surface area contributed by atoms with Crippen LogP contribution in [0.1, 0.15) is 54.1 Å². The molecule has 1 amide bonds. The number of ketones is 4. The molecule has 0 radical (unpaired) electrons. The Morgan fingerprint density at radius 1 is 1.08 bits per heavy atom. The van der Waals surface area contributed by atoms with E-state index in [4.69, 9.17) is 5.73 Å². The van der Waals surface area contributed by atoms with Gasteiger partial charge in [-0.1, -0.05) is 38.1 Å². The van der Waals surface area contributed by atoms with Gasteiger partial charge in [-0.25, -0.2) is 0 Å². The number of Topliss-reactive ketones (excluding diaryl/α,β-unsaturated/α-hetero) is 4. The molecule has 0 bridgehead atoms. The number of primary amides is 1. The first kappa shape index (κ1) is 25.7. The average Bonchev–Trinajstić information content (AvgIpc) is 2.83. The van der Waals surface area contributed by atoms with Crippen molar-refractivity contribution in [3.63, 3.8) is 0 Å². The van der Waals surface area contributed by atoms with Crippen molar-refractivity contribution in [3.8, 4) is 16.9 Å². The zero-order chi connectivity index (χ0) is 27.0. The summed E-state index contributed by atoms with van der Waals surface area (Å²) in [5.74, 6) is -9.70. The average molecular weight is 615 g/mol. The van der Waals surface area contributed by atoms with Gasteiger partial charge in [0, 0.05) is 12.3 Å². The number of phenols is 1. The summed E-state index contributed by atoms with van der Waals surface area (Å²) < 4.78 is 0.430. The molecule has 2 fully saturated rings. The number of nitrogens with two attached hydrogens (primary N) is 1. The number of halogens is 1. The van der Waals surface area contributed by atoms with Crippen LogP contribution >= 0.6 is 22.6 Å². The number of carbonyl (C=O) groups excluding carboxylic acids is 5. The van der Waals surface area contributed by atoms with Crippen molar-refractivity contribution in [2.45, 2.75) is 44.6 Å². The fourth-order valence-electron chi connectivity index (χ4n) is 6.31. The highest BCUT2D eigenvalue weighted by Crippen LogP contribution is 2.51. The van der Waals surface area contributed by atoms with Gasteiger partial charge in [0.25, 0.3) is 0 Å². The fraction of sp³-hybridized carbons (Fsp3) is 0.393. The second kappa shape index (κ2) is 8.83. The summed E-state index contributed by atoms with van der Waals surface area (Å²) in [7, 11) is 0. The number of hydrogen-bond donors (Lipinski definition) is 3. The molecular weight excluding hydrogens is 589 g/mol. The van der Waals surface area contributed by atoms with Crippen LogP contribution in [0.2, 0.25) is 0 Å². The Labute approximate surface area is 226 Å². The molecule has 37 heavy (non-hydrogen) atoms. The van der Waals surface area contributed by atoms with Crippen LogP contribution in [0.15, 0.2) is 30.3 Å². The maximum atomic E-state index is 13.8. The Balaban J connectivity index is 1.62. The van der Waals surface area contributed by atoms with Gasteiger partial charge in [0.15, 0.2) is 34.7 Å². The van der Waals surface area contributed by atoms with Gasteiger partial charge >= 0.3 is 0 Å². The minimum Gasteiger partial charge on any atom is -0.506 e. The lowest BCUT2D eigenvalue weighted by Crippen LogP contribution is -2.68. The largest absolute Gasteiger partial charge is 0.506 e. The predicted octanol–water partition coefficient (Wildman–Crippen LogP) is 2.72. The first-order valence-corrected chi connectivity index (χ1v) is 13.3. The van der Waals surface area contributed by atoms with Crippen molar-refractivity contribution in [2.75, 3.05) is 0 Å². The van der Waals surface area contributed by atoms with Crippen LogP contribution < -0.4 is 5.73 Å². The number of rotatable bonds is 3. The standard InChI is InChI=1S/C28H26INO7/c1-11(2)12-3-5-13(6-4-12)16-10-18(29)23(32)21-17(16)8-14-7-15-9-19(31)22(27(30)36)26(35)28(15,37)25(34)20(14)24(21)33/h3-6,10-11,14-15,20,22,32,37H,7-9H2,1-2H3,(H2,30,36)/t14-,15+,20?,22?,28+/m1/s1. The van der Waals surface area contributed by atoms with Gasteiger partial charge in [-0.3, -0.25) is 24.0 Å². The van der Waals surface area contributed by atoms with Crippen molar-refractivity contribution in [3.05, 3.63) is 50.6 Å². The number of amides is 1. The first-order valence-electron chi connectivity index (χ1n) is 12.2. The maximum absolute atomic E-state index is 13.8. The number of fused-ring (bicyclic) bond motifs is 3. The first-order chi connectivity index (χ1) is 17.4. The number of carbonyl (C=O) groups is 5. The highest BCUT2D eigenvalue weighted by atomic mass is 127. The maximum Gasteiger partial charge on any atom is 0.235 e. The van der Waals surface area contributed by atoms with E-state index in [1.807, 2.05) is 46.9 Å². The highest BCUT2D eigenvalue weighted by molar-refractivity contribution is 14.1. The number of aliphatic hydroxyl groups is 1. The monoisotopic (exact) mass is 615 g/mol. The molecule has 3 aliphatic carbocycles. The van der Waals surface area contributed by atoms with Gasteiger partial charge in [-0.2, -0.15) is 0 Å². The zero-order valence-corrected chi connectivity index (χ0v) is 22.4. The second-order valence-electron chi connectivity index (χ2n) is 10.6. The van der Waals surface area contributed by atoms with E-state index in [-0.39, 0.29) is 30.6 Å². The lowest BCUT2D eigenvalue weighted by molar-refractivity contribution is -0.175. The molecule has 5 atom stereocenters. The number of aromatic hydroxyl groups is 1. The molecule has 8 nitrogen and oxygen atoms in total. The summed E-state index contributed by atoms with van der Waals surface area (Å²) in [5, 5.41) is 22.2. The van der Waals surface area contributed by atoms with Crippen molar-refractivity contribution in [1.29, 1.82) is 0 Å². The normalized spacial score (nSPS) is 29.1. The topological polar surface area (TPSA) is 152 Å². The summed E-state index contributed by atoms with van der Waals surface area (Å²) >= 11 is 1.93. The molecule has 2 aromatic carbocycles. The van der Waals surface area contributed by atoms with Crippen LogP contribution in [-0.2, 0) is 25.6 Å². The molecular formula is C28H26INO7. The third-order valence-electron chi connectivity index (χ3n) is 8.24. The summed E-state index contributed by atoms with van der Waals surface area (Å²) in [6.07, 6.45) is -0.0374. The molecule has 2 aromatic rings. The lowest BCUT2D eigenvalue weighted by Gasteiger charge is -2.48. The molecule has 0 aromatic heterocycles. The van der Waals surface area contributed by atoms with Gasteiger partial charge in [-0.05, 0) is 75.6 Å². The van der Waals surface area contributed by atoms with Crippen LogP contribution in [0, 0.1) is 27.2 Å². The molecule has 9 heteroatoms. The Bertz CT molecular complexity index is 1400. The van der Waals surface area contributed by atoms with E-state index in [9.17, 15) is 34.2 Å². The summed E-state index contributed by atoms with van der Waals surface area (Å²) in [5.41, 5.74) is 5.97. The van der Waals surface area contributed by atoms with E-state index in [2.05, 4.69) is 13.8 Å². The van der Waals surface area contributed by atoms with E-state index in [1.165, 1.54) is 0 Å². The van der Waals surface area contributed by atoms with Gasteiger partial charge in [0.05, 0.1) is 15.1 Å². The van der Waals surface area contributed by atoms with Crippen LogP contribution in [0.3, 0.4) is 0 Å². The van der Waals surface area contributed by atoms with E-state index in [0.29, 0.717) is 15.1 Å². The number of hydrogen-bond acceptors (Lipinski definition) is 7. The molecule has 192 valence electrons. The summed E-state index contributed by atoms with van der Waals surface area (Å²) in [6, 6.07) is 9.75. The van der Waals surface area contributed by atoms with Crippen LogP contribution in [-0.4, -0.2) is 44.9 Å². The molecule has 0 saturated heterocycles. The van der Waals surface area contributed by atoms with Crippen molar-refractivity contribution < 1.29 is 34.2 Å². The molecule has 0 heterocycles. The van der Waals surface area contributed by atoms with Gasteiger partial charge < -0.3 is 15.9 Å². The van der Waals surface area contributed by atoms with Gasteiger partial charge in [0.2, 0.25) is 5.91 Å². The second-order valence-corrected chi connectivity index (χ2v) is 11.8. The summed E-state index contributed by atoms with van der Waals surface area (Å²) in [4.78, 5) is 64.8. The Kier molecular flexibility index (Phi) is 6.14. The smallest absolute Gasteiger partial charge is 0.235 e. The Morgan fingerprint density at radius 2 is 1.73 bits per heavy atom. The highest BCUT2D eigenvalue weighted by Gasteiger charge is 2.66. The SMILES string of the molecule is CC(C)c1ccc(-c2cc(I)c(O)c3c2C[C@H]2C[C@H]4CC(=O)C(C(N)=O)C(=O)[C@@]4(O)C(=O)C2C3=O)cc1.